The van der Waals surface area contributed by atoms with E-state index in [1.54, 1.807) is 12.5 Å². The van der Waals surface area contributed by atoms with Gasteiger partial charge in [0.2, 0.25) is 0 Å². The maximum atomic E-state index is 12.7. The zero-order valence-corrected chi connectivity index (χ0v) is 15.0. The Bertz CT molecular complexity index is 654. The summed E-state index contributed by atoms with van der Waals surface area (Å²) in [4.78, 5) is 16.7. The standard InChI is InChI=1S/C19H25N3OS/c1-2-24-18-9-4-3-8-17(18)21-19(23)16-7-5-6-15(12-16)13-22-11-10-20-14-22/h5-7,10-12,14,17-18H,2-4,8-9,13H2,1H3,(H,21,23)/t17-,18-/m0/s1. The minimum atomic E-state index is 0.0519. The van der Waals surface area contributed by atoms with Gasteiger partial charge in [-0.25, -0.2) is 4.98 Å². The smallest absolute Gasteiger partial charge is 0.251 e. The molecule has 0 unspecified atom stereocenters. The van der Waals surface area contributed by atoms with Gasteiger partial charge in [0.1, 0.15) is 0 Å². The fourth-order valence-electron chi connectivity index (χ4n) is 3.33. The third-order valence-corrected chi connectivity index (χ3v) is 5.84. The van der Waals surface area contributed by atoms with E-state index in [0.717, 1.165) is 29.8 Å². The van der Waals surface area contributed by atoms with E-state index in [4.69, 9.17) is 0 Å². The largest absolute Gasteiger partial charge is 0.348 e. The molecule has 1 heterocycles. The molecule has 1 fully saturated rings. The van der Waals surface area contributed by atoms with E-state index in [1.165, 1.54) is 19.3 Å². The number of nitrogens with zero attached hydrogens (tertiary/aromatic N) is 2. The quantitative estimate of drug-likeness (QED) is 0.869. The van der Waals surface area contributed by atoms with Gasteiger partial charge in [-0.3, -0.25) is 4.79 Å². The van der Waals surface area contributed by atoms with Crippen LogP contribution in [0, 0.1) is 0 Å². The van der Waals surface area contributed by atoms with Crippen molar-refractivity contribution in [1.82, 2.24) is 14.9 Å². The Balaban J connectivity index is 1.65. The molecule has 1 amide bonds. The highest BCUT2D eigenvalue weighted by molar-refractivity contribution is 7.99. The van der Waals surface area contributed by atoms with Crippen molar-refractivity contribution in [1.29, 1.82) is 0 Å². The Labute approximate surface area is 148 Å². The highest BCUT2D eigenvalue weighted by atomic mass is 32.2. The molecule has 1 aromatic carbocycles. The number of hydrogen-bond acceptors (Lipinski definition) is 3. The summed E-state index contributed by atoms with van der Waals surface area (Å²) in [6, 6.07) is 8.19. The van der Waals surface area contributed by atoms with Gasteiger partial charge in [-0.05, 0) is 36.3 Å². The second-order valence-electron chi connectivity index (χ2n) is 6.29. The van der Waals surface area contributed by atoms with Crippen molar-refractivity contribution in [3.63, 3.8) is 0 Å². The maximum absolute atomic E-state index is 12.7. The summed E-state index contributed by atoms with van der Waals surface area (Å²) in [6.45, 7) is 2.93. The molecule has 0 spiro atoms. The number of hydrogen-bond donors (Lipinski definition) is 1. The first-order valence-electron chi connectivity index (χ1n) is 8.73. The highest BCUT2D eigenvalue weighted by Crippen LogP contribution is 2.28. The molecule has 0 bridgehead atoms. The van der Waals surface area contributed by atoms with Gasteiger partial charge in [0.25, 0.3) is 5.91 Å². The van der Waals surface area contributed by atoms with Gasteiger partial charge in [0.15, 0.2) is 0 Å². The van der Waals surface area contributed by atoms with Crippen LogP contribution in [0.25, 0.3) is 0 Å². The van der Waals surface area contributed by atoms with Crippen LogP contribution in [0.15, 0.2) is 43.0 Å². The van der Waals surface area contributed by atoms with Gasteiger partial charge in [-0.1, -0.05) is 31.9 Å². The Morgan fingerprint density at radius 1 is 1.38 bits per heavy atom. The van der Waals surface area contributed by atoms with Crippen molar-refractivity contribution in [2.24, 2.45) is 0 Å². The second kappa shape index (κ2) is 8.38. The van der Waals surface area contributed by atoms with Gasteiger partial charge in [-0.15, -0.1) is 0 Å². The number of imidazole rings is 1. The van der Waals surface area contributed by atoms with E-state index in [0.29, 0.717) is 11.3 Å². The number of rotatable bonds is 6. The lowest BCUT2D eigenvalue weighted by Crippen LogP contribution is -2.43. The van der Waals surface area contributed by atoms with E-state index < -0.39 is 0 Å². The fraction of sp³-hybridized carbons (Fsp3) is 0.474. The molecule has 1 aliphatic carbocycles. The van der Waals surface area contributed by atoms with Crippen LogP contribution < -0.4 is 5.32 Å². The highest BCUT2D eigenvalue weighted by Gasteiger charge is 2.26. The monoisotopic (exact) mass is 343 g/mol. The first-order valence-corrected chi connectivity index (χ1v) is 9.78. The molecule has 1 saturated carbocycles. The number of benzene rings is 1. The van der Waals surface area contributed by atoms with Gasteiger partial charge < -0.3 is 9.88 Å². The first kappa shape index (κ1) is 17.1. The Morgan fingerprint density at radius 3 is 3.04 bits per heavy atom. The summed E-state index contributed by atoms with van der Waals surface area (Å²) < 4.78 is 2.01. The molecule has 0 saturated heterocycles. The van der Waals surface area contributed by atoms with E-state index in [9.17, 15) is 4.79 Å². The number of nitrogens with one attached hydrogen (secondary N) is 1. The van der Waals surface area contributed by atoms with Crippen molar-refractivity contribution in [2.45, 2.75) is 50.4 Å². The molecular formula is C19H25N3OS. The van der Waals surface area contributed by atoms with Crippen molar-refractivity contribution < 1.29 is 4.79 Å². The SMILES string of the molecule is CCS[C@H]1CCCC[C@@H]1NC(=O)c1cccc(Cn2ccnc2)c1. The van der Waals surface area contributed by atoms with E-state index in [1.807, 2.05) is 46.8 Å². The Morgan fingerprint density at radius 2 is 2.25 bits per heavy atom. The average molecular weight is 343 g/mol. The topological polar surface area (TPSA) is 46.9 Å². The third kappa shape index (κ3) is 4.41. The molecular weight excluding hydrogens is 318 g/mol. The molecule has 2 aromatic rings. The normalized spacial score (nSPS) is 20.7. The Hall–Kier alpha value is -1.75. The average Bonchev–Trinajstić information content (AvgIpc) is 3.10. The molecule has 1 N–H and O–H groups in total. The minimum absolute atomic E-state index is 0.0519. The van der Waals surface area contributed by atoms with E-state index in [2.05, 4.69) is 17.2 Å². The minimum Gasteiger partial charge on any atom is -0.348 e. The van der Waals surface area contributed by atoms with Crippen molar-refractivity contribution in [3.05, 3.63) is 54.1 Å². The molecule has 5 heteroatoms. The number of amides is 1. The van der Waals surface area contributed by atoms with Gasteiger partial charge in [0, 0.05) is 35.8 Å². The number of carbonyl (C=O) groups is 1. The summed E-state index contributed by atoms with van der Waals surface area (Å²) in [5.74, 6) is 1.16. The summed E-state index contributed by atoms with van der Waals surface area (Å²) in [5, 5.41) is 3.83. The molecule has 0 radical (unpaired) electrons. The molecule has 128 valence electrons. The fourth-order valence-corrected chi connectivity index (χ4v) is 4.53. The van der Waals surface area contributed by atoms with Gasteiger partial charge in [-0.2, -0.15) is 11.8 Å². The van der Waals surface area contributed by atoms with E-state index >= 15 is 0 Å². The van der Waals surface area contributed by atoms with Crippen LogP contribution in [-0.2, 0) is 6.54 Å². The lowest BCUT2D eigenvalue weighted by molar-refractivity contribution is 0.0929. The molecule has 1 aliphatic rings. The zero-order valence-electron chi connectivity index (χ0n) is 14.1. The number of aromatic nitrogens is 2. The lowest BCUT2D eigenvalue weighted by Gasteiger charge is -2.31. The summed E-state index contributed by atoms with van der Waals surface area (Å²) in [5.41, 5.74) is 1.86. The first-order chi connectivity index (χ1) is 11.8. The van der Waals surface area contributed by atoms with Crippen LogP contribution in [0.5, 0.6) is 0 Å². The number of carbonyl (C=O) groups excluding carboxylic acids is 1. The summed E-state index contributed by atoms with van der Waals surface area (Å²) in [7, 11) is 0. The molecule has 3 rings (SSSR count). The molecule has 4 nitrogen and oxygen atoms in total. The van der Waals surface area contributed by atoms with Gasteiger partial charge in [0.05, 0.1) is 6.33 Å². The van der Waals surface area contributed by atoms with Crippen molar-refractivity contribution in [3.8, 4) is 0 Å². The number of thioether (sulfide) groups is 1. The maximum Gasteiger partial charge on any atom is 0.251 e. The summed E-state index contributed by atoms with van der Waals surface area (Å²) >= 11 is 1.98. The second-order valence-corrected chi connectivity index (χ2v) is 7.81. The summed E-state index contributed by atoms with van der Waals surface area (Å²) in [6.07, 6.45) is 10.3. The lowest BCUT2D eigenvalue weighted by atomic mass is 9.94. The van der Waals surface area contributed by atoms with Crippen LogP contribution >= 0.6 is 11.8 Å². The van der Waals surface area contributed by atoms with Crippen LogP contribution in [-0.4, -0.2) is 32.5 Å². The molecule has 2 atom stereocenters. The molecule has 1 aromatic heterocycles. The van der Waals surface area contributed by atoms with E-state index in [-0.39, 0.29) is 5.91 Å². The third-order valence-electron chi connectivity index (χ3n) is 4.51. The predicted molar refractivity (Wildman–Crippen MR) is 99.4 cm³/mol. The van der Waals surface area contributed by atoms with Crippen LogP contribution in [0.4, 0.5) is 0 Å². The zero-order chi connectivity index (χ0) is 16.8. The molecule has 24 heavy (non-hydrogen) atoms. The van der Waals surface area contributed by atoms with Crippen LogP contribution in [0.3, 0.4) is 0 Å². The van der Waals surface area contributed by atoms with Crippen molar-refractivity contribution >= 4 is 17.7 Å². The Kier molecular flexibility index (Phi) is 5.96. The molecule has 0 aliphatic heterocycles. The van der Waals surface area contributed by atoms with Crippen LogP contribution in [0.1, 0.15) is 48.5 Å². The van der Waals surface area contributed by atoms with Crippen LogP contribution in [0.2, 0.25) is 0 Å². The van der Waals surface area contributed by atoms with Crippen molar-refractivity contribution in [2.75, 3.05) is 5.75 Å². The van der Waals surface area contributed by atoms with Gasteiger partial charge >= 0.3 is 0 Å². The predicted octanol–water partition coefficient (Wildman–Crippen LogP) is 3.73.